The second-order valence-electron chi connectivity index (χ2n) is 5.14. The van der Waals surface area contributed by atoms with Crippen molar-refractivity contribution in [3.05, 3.63) is 68.7 Å². The fourth-order valence-electron chi connectivity index (χ4n) is 2.50. The highest BCUT2D eigenvalue weighted by molar-refractivity contribution is 9.10. The topological polar surface area (TPSA) is 80.5 Å². The van der Waals surface area contributed by atoms with E-state index in [1.807, 2.05) is 0 Å². The molecule has 24 heavy (non-hydrogen) atoms. The summed E-state index contributed by atoms with van der Waals surface area (Å²) in [5.41, 5.74) is 0.577. The summed E-state index contributed by atoms with van der Waals surface area (Å²) >= 11 is 4.75. The van der Waals surface area contributed by atoms with E-state index in [1.54, 1.807) is 36.4 Å². The summed E-state index contributed by atoms with van der Waals surface area (Å²) in [5, 5.41) is 10.5. The molecule has 2 aromatic rings. The van der Waals surface area contributed by atoms with Crippen molar-refractivity contribution in [2.75, 3.05) is 12.3 Å². The predicted octanol–water partition coefficient (Wildman–Crippen LogP) is 3.79. The third-order valence-corrected chi connectivity index (χ3v) is 7.44. The maximum absolute atomic E-state index is 12.9. The summed E-state index contributed by atoms with van der Waals surface area (Å²) in [6.07, 6.45) is 0. The van der Waals surface area contributed by atoms with Crippen LogP contribution in [0.4, 0.5) is 5.69 Å². The summed E-state index contributed by atoms with van der Waals surface area (Å²) in [5.74, 6) is 0.642. The Kier molecular flexibility index (Phi) is 4.95. The van der Waals surface area contributed by atoms with Crippen LogP contribution in [0.3, 0.4) is 0 Å². The molecule has 126 valence electrons. The number of halogens is 1. The summed E-state index contributed by atoms with van der Waals surface area (Å²) in [6.45, 7) is 0.371. The van der Waals surface area contributed by atoms with Crippen LogP contribution in [0, 0.1) is 10.1 Å². The SMILES string of the molecule is O=[N+]([O-])c1cccc([C@@H]2SCCN2S(=O)(=O)c2ccc(Br)cc2)c1. The highest BCUT2D eigenvalue weighted by Gasteiger charge is 2.37. The smallest absolute Gasteiger partial charge is 0.258 e. The fraction of sp³-hybridized carbons (Fsp3) is 0.200. The van der Waals surface area contributed by atoms with Crippen LogP contribution < -0.4 is 0 Å². The molecule has 0 radical (unpaired) electrons. The molecule has 1 heterocycles. The number of nitro benzene ring substituents is 1. The first-order valence-corrected chi connectivity index (χ1v) is 10.3. The first-order valence-electron chi connectivity index (χ1n) is 7.03. The molecule has 0 N–H and O–H groups in total. The van der Waals surface area contributed by atoms with E-state index in [0.29, 0.717) is 17.9 Å². The molecule has 0 aliphatic carbocycles. The number of benzene rings is 2. The van der Waals surface area contributed by atoms with E-state index in [1.165, 1.54) is 28.2 Å². The van der Waals surface area contributed by atoms with Gasteiger partial charge in [-0.25, -0.2) is 8.42 Å². The predicted molar refractivity (Wildman–Crippen MR) is 96.3 cm³/mol. The number of nitrogens with zero attached hydrogens (tertiary/aromatic N) is 2. The van der Waals surface area contributed by atoms with Crippen LogP contribution in [0.25, 0.3) is 0 Å². The Balaban J connectivity index is 1.97. The number of rotatable bonds is 4. The maximum Gasteiger partial charge on any atom is 0.269 e. The minimum Gasteiger partial charge on any atom is -0.258 e. The van der Waals surface area contributed by atoms with Crippen LogP contribution in [-0.2, 0) is 10.0 Å². The van der Waals surface area contributed by atoms with E-state index in [2.05, 4.69) is 15.9 Å². The highest BCUT2D eigenvalue weighted by atomic mass is 79.9. The van der Waals surface area contributed by atoms with Crippen molar-refractivity contribution < 1.29 is 13.3 Å². The van der Waals surface area contributed by atoms with Gasteiger partial charge in [-0.1, -0.05) is 28.1 Å². The van der Waals surface area contributed by atoms with Crippen molar-refractivity contribution in [1.29, 1.82) is 0 Å². The number of non-ortho nitro benzene ring substituents is 1. The zero-order valence-corrected chi connectivity index (χ0v) is 15.6. The van der Waals surface area contributed by atoms with Gasteiger partial charge in [-0.2, -0.15) is 4.31 Å². The second-order valence-corrected chi connectivity index (χ2v) is 9.14. The molecule has 0 amide bonds. The van der Waals surface area contributed by atoms with Gasteiger partial charge in [0.15, 0.2) is 0 Å². The monoisotopic (exact) mass is 428 g/mol. The van der Waals surface area contributed by atoms with Gasteiger partial charge in [0.1, 0.15) is 0 Å². The first-order chi connectivity index (χ1) is 11.4. The third-order valence-electron chi connectivity index (χ3n) is 3.64. The molecular formula is C15H13BrN2O4S2. The molecule has 0 unspecified atom stereocenters. The summed E-state index contributed by atoms with van der Waals surface area (Å²) in [4.78, 5) is 10.7. The van der Waals surface area contributed by atoms with Crippen LogP contribution in [-0.4, -0.2) is 29.9 Å². The molecule has 3 rings (SSSR count). The lowest BCUT2D eigenvalue weighted by Crippen LogP contribution is -2.30. The molecule has 0 spiro atoms. The molecule has 6 nitrogen and oxygen atoms in total. The lowest BCUT2D eigenvalue weighted by molar-refractivity contribution is -0.384. The van der Waals surface area contributed by atoms with Gasteiger partial charge in [-0.05, 0) is 29.8 Å². The molecule has 9 heteroatoms. The largest absolute Gasteiger partial charge is 0.269 e. The first kappa shape index (κ1) is 17.4. The summed E-state index contributed by atoms with van der Waals surface area (Å²) < 4.78 is 28.0. The Hall–Kier alpha value is -1.42. The van der Waals surface area contributed by atoms with Gasteiger partial charge >= 0.3 is 0 Å². The average Bonchev–Trinajstić information content (AvgIpc) is 3.06. The molecule has 1 fully saturated rings. The maximum atomic E-state index is 12.9. The van der Waals surface area contributed by atoms with E-state index in [0.717, 1.165) is 4.47 Å². The van der Waals surface area contributed by atoms with Gasteiger partial charge < -0.3 is 0 Å². The van der Waals surface area contributed by atoms with Gasteiger partial charge in [0.25, 0.3) is 5.69 Å². The minimum absolute atomic E-state index is 0.0408. The third kappa shape index (κ3) is 3.34. The van der Waals surface area contributed by atoms with Gasteiger partial charge in [-0.15, -0.1) is 11.8 Å². The van der Waals surface area contributed by atoms with Crippen molar-refractivity contribution in [3.63, 3.8) is 0 Å². The van der Waals surface area contributed by atoms with E-state index < -0.39 is 20.3 Å². The Morgan fingerprint density at radius 1 is 1.21 bits per heavy atom. The molecule has 1 aliphatic rings. The van der Waals surface area contributed by atoms with Crippen molar-refractivity contribution in [2.45, 2.75) is 10.3 Å². The number of hydrogen-bond acceptors (Lipinski definition) is 5. The Morgan fingerprint density at radius 2 is 1.92 bits per heavy atom. The molecule has 1 atom stereocenters. The summed E-state index contributed by atoms with van der Waals surface area (Å²) in [6, 6.07) is 12.6. The fourth-order valence-corrected chi connectivity index (χ4v) is 5.99. The number of hydrogen-bond donors (Lipinski definition) is 0. The summed E-state index contributed by atoms with van der Waals surface area (Å²) in [7, 11) is -3.66. The number of nitro groups is 1. The van der Waals surface area contributed by atoms with E-state index in [9.17, 15) is 18.5 Å². The van der Waals surface area contributed by atoms with Crippen molar-refractivity contribution >= 4 is 43.4 Å². The Bertz CT molecular complexity index is 871. The van der Waals surface area contributed by atoms with Gasteiger partial charge in [0.2, 0.25) is 10.0 Å². The van der Waals surface area contributed by atoms with Crippen molar-refractivity contribution in [2.24, 2.45) is 0 Å². The highest BCUT2D eigenvalue weighted by Crippen LogP contribution is 2.42. The lowest BCUT2D eigenvalue weighted by atomic mass is 10.2. The molecule has 2 aromatic carbocycles. The van der Waals surface area contributed by atoms with E-state index in [4.69, 9.17) is 0 Å². The minimum atomic E-state index is -3.66. The van der Waals surface area contributed by atoms with E-state index in [-0.39, 0.29) is 10.6 Å². The van der Waals surface area contributed by atoms with Gasteiger partial charge in [0.05, 0.1) is 15.2 Å². The van der Waals surface area contributed by atoms with E-state index >= 15 is 0 Å². The molecule has 1 aliphatic heterocycles. The van der Waals surface area contributed by atoms with Gasteiger partial charge in [-0.3, -0.25) is 10.1 Å². The van der Waals surface area contributed by atoms with Crippen LogP contribution >= 0.6 is 27.7 Å². The van der Waals surface area contributed by atoms with Crippen LogP contribution in [0.5, 0.6) is 0 Å². The quantitative estimate of drug-likeness (QED) is 0.546. The van der Waals surface area contributed by atoms with Crippen LogP contribution in [0.2, 0.25) is 0 Å². The number of sulfonamides is 1. The number of thioether (sulfide) groups is 1. The average molecular weight is 429 g/mol. The second kappa shape index (κ2) is 6.83. The molecule has 0 saturated carbocycles. The Morgan fingerprint density at radius 3 is 2.58 bits per heavy atom. The normalized spacial score (nSPS) is 18.6. The molecule has 0 bridgehead atoms. The van der Waals surface area contributed by atoms with Crippen LogP contribution in [0.15, 0.2) is 57.9 Å². The zero-order valence-electron chi connectivity index (χ0n) is 12.3. The zero-order chi connectivity index (χ0) is 17.3. The van der Waals surface area contributed by atoms with Gasteiger partial charge in [0, 0.05) is 28.9 Å². The van der Waals surface area contributed by atoms with Crippen molar-refractivity contribution in [3.8, 4) is 0 Å². The Labute approximate surface area is 152 Å². The van der Waals surface area contributed by atoms with Crippen LogP contribution in [0.1, 0.15) is 10.9 Å². The molecular weight excluding hydrogens is 416 g/mol. The van der Waals surface area contributed by atoms with Crippen molar-refractivity contribution in [1.82, 2.24) is 4.31 Å². The molecule has 0 aromatic heterocycles. The molecule has 1 saturated heterocycles. The lowest BCUT2D eigenvalue weighted by Gasteiger charge is -2.23. The standard InChI is InChI=1S/C15H13BrN2O4S2/c16-12-4-6-14(7-5-12)24(21,22)17-8-9-23-15(17)11-2-1-3-13(10-11)18(19)20/h1-7,10,15H,8-9H2/t15-/m0/s1.